The van der Waals surface area contributed by atoms with E-state index in [9.17, 15) is 4.79 Å². The third kappa shape index (κ3) is 5.59. The Labute approximate surface area is 167 Å². The van der Waals surface area contributed by atoms with E-state index in [1.165, 1.54) is 0 Å². The van der Waals surface area contributed by atoms with Gasteiger partial charge in [-0.2, -0.15) is 0 Å². The molecule has 0 amide bonds. The van der Waals surface area contributed by atoms with Crippen LogP contribution in [-0.2, 0) is 11.3 Å². The van der Waals surface area contributed by atoms with Crippen LogP contribution in [-0.4, -0.2) is 12.2 Å². The molecule has 3 aromatic rings. The second kappa shape index (κ2) is 9.24. The molecule has 1 atom stereocenters. The van der Waals surface area contributed by atoms with Crippen LogP contribution in [0, 0.1) is 0 Å². The second-order valence-corrected chi connectivity index (χ2v) is 6.89. The monoisotopic (exact) mass is 425 g/mol. The number of hydrogen-bond donors (Lipinski definition) is 1. The molecule has 1 N–H and O–H groups in total. The molecule has 0 saturated carbocycles. The van der Waals surface area contributed by atoms with E-state index in [1.54, 1.807) is 31.2 Å². The number of benzene rings is 3. The van der Waals surface area contributed by atoms with Crippen molar-refractivity contribution in [3.05, 3.63) is 94.5 Å². The Hall–Kier alpha value is -2.79. The van der Waals surface area contributed by atoms with Crippen LogP contribution in [0.4, 0.5) is 5.69 Å². The molecule has 0 fully saturated rings. The highest BCUT2D eigenvalue weighted by Crippen LogP contribution is 2.29. The Morgan fingerprint density at radius 1 is 1.00 bits per heavy atom. The smallest absolute Gasteiger partial charge is 0.340 e. The van der Waals surface area contributed by atoms with Crippen LogP contribution < -0.4 is 10.1 Å². The lowest BCUT2D eigenvalue weighted by atomic mass is 10.2. The molecule has 3 rings (SSSR count). The number of carbonyl (C=O) groups excluding carboxylic acids is 1. The molecule has 0 heterocycles. The molecule has 0 aromatic heterocycles. The van der Waals surface area contributed by atoms with Crippen LogP contribution in [0.5, 0.6) is 5.75 Å². The van der Waals surface area contributed by atoms with Gasteiger partial charge in [-0.1, -0.05) is 64.5 Å². The summed E-state index contributed by atoms with van der Waals surface area (Å²) in [6.45, 7) is 2.23. The van der Waals surface area contributed by atoms with Crippen molar-refractivity contribution >= 4 is 27.6 Å². The largest absolute Gasteiger partial charge is 0.487 e. The first-order valence-corrected chi connectivity index (χ1v) is 9.40. The molecule has 5 heteroatoms. The van der Waals surface area contributed by atoms with E-state index < -0.39 is 6.23 Å². The molecular weight excluding hydrogens is 406 g/mol. The van der Waals surface area contributed by atoms with Gasteiger partial charge in [0.25, 0.3) is 0 Å². The molecule has 0 spiro atoms. The van der Waals surface area contributed by atoms with E-state index in [0.717, 1.165) is 15.7 Å². The minimum atomic E-state index is -0.522. The van der Waals surface area contributed by atoms with Gasteiger partial charge in [0.05, 0.1) is 11.3 Å². The zero-order valence-corrected chi connectivity index (χ0v) is 16.5. The summed E-state index contributed by atoms with van der Waals surface area (Å²) >= 11 is 3.47. The van der Waals surface area contributed by atoms with Crippen molar-refractivity contribution in [1.82, 2.24) is 0 Å². The first-order valence-electron chi connectivity index (χ1n) is 8.60. The molecule has 0 aliphatic heterocycles. The average Bonchev–Trinajstić information content (AvgIpc) is 2.69. The lowest BCUT2D eigenvalue weighted by molar-refractivity contribution is 0.0393. The fraction of sp³-hybridized carbons (Fsp3) is 0.136. The number of nitrogens with one attached hydrogen (secondary N) is 1. The van der Waals surface area contributed by atoms with Crippen molar-refractivity contribution in [2.45, 2.75) is 19.8 Å². The van der Waals surface area contributed by atoms with Crippen LogP contribution in [0.15, 0.2) is 83.3 Å². The summed E-state index contributed by atoms with van der Waals surface area (Å²) in [6, 6.07) is 24.5. The molecule has 138 valence electrons. The first-order chi connectivity index (χ1) is 13.1. The molecule has 0 radical (unpaired) electrons. The summed E-state index contributed by atoms with van der Waals surface area (Å²) in [5, 5.41) is 3.19. The maximum atomic E-state index is 12.2. The fourth-order valence-corrected chi connectivity index (χ4v) is 2.89. The van der Waals surface area contributed by atoms with E-state index in [-0.39, 0.29) is 5.97 Å². The van der Waals surface area contributed by atoms with Crippen LogP contribution in [0.25, 0.3) is 0 Å². The molecule has 27 heavy (non-hydrogen) atoms. The second-order valence-electron chi connectivity index (χ2n) is 5.97. The van der Waals surface area contributed by atoms with Crippen molar-refractivity contribution in [2.75, 3.05) is 5.32 Å². The Morgan fingerprint density at radius 3 is 2.37 bits per heavy atom. The van der Waals surface area contributed by atoms with Gasteiger partial charge in [0.2, 0.25) is 0 Å². The normalized spacial score (nSPS) is 11.5. The summed E-state index contributed by atoms with van der Waals surface area (Å²) < 4.78 is 12.3. The highest BCUT2D eigenvalue weighted by Gasteiger charge is 2.14. The summed E-state index contributed by atoms with van der Waals surface area (Å²) in [6.07, 6.45) is -0.522. The van der Waals surface area contributed by atoms with E-state index in [4.69, 9.17) is 9.47 Å². The molecule has 1 unspecified atom stereocenters. The Morgan fingerprint density at radius 2 is 1.67 bits per heavy atom. The zero-order chi connectivity index (χ0) is 19.1. The molecule has 0 aliphatic carbocycles. The van der Waals surface area contributed by atoms with Gasteiger partial charge in [-0.15, -0.1) is 0 Å². The zero-order valence-electron chi connectivity index (χ0n) is 14.9. The standard InChI is InChI=1S/C22H20BrNO3/c1-16(27-22(25)18-10-6-3-7-11-18)24-20-14-19(23)12-13-21(20)26-15-17-8-4-2-5-9-17/h2-14,16,24H,15H2,1H3. The Bertz CT molecular complexity index is 885. The number of hydrogen-bond acceptors (Lipinski definition) is 4. The van der Waals surface area contributed by atoms with Gasteiger partial charge < -0.3 is 14.8 Å². The minimum absolute atomic E-state index is 0.377. The van der Waals surface area contributed by atoms with Gasteiger partial charge in [0.15, 0.2) is 6.23 Å². The topological polar surface area (TPSA) is 47.6 Å². The van der Waals surface area contributed by atoms with Gasteiger partial charge in [0.1, 0.15) is 12.4 Å². The van der Waals surface area contributed by atoms with E-state index in [0.29, 0.717) is 17.9 Å². The van der Waals surface area contributed by atoms with Gasteiger partial charge in [0, 0.05) is 4.47 Å². The fourth-order valence-electron chi connectivity index (χ4n) is 2.53. The SMILES string of the molecule is CC(Nc1cc(Br)ccc1OCc1ccccc1)OC(=O)c1ccccc1. The van der Waals surface area contributed by atoms with Crippen molar-refractivity contribution in [1.29, 1.82) is 0 Å². The van der Waals surface area contributed by atoms with Gasteiger partial charge in [-0.25, -0.2) is 4.79 Å². The third-order valence-corrected chi connectivity index (χ3v) is 4.32. The number of carbonyl (C=O) groups is 1. The maximum Gasteiger partial charge on any atom is 0.340 e. The molecule has 3 aromatic carbocycles. The number of anilines is 1. The summed E-state index contributed by atoms with van der Waals surface area (Å²) in [4.78, 5) is 12.2. The predicted octanol–water partition coefficient (Wildman–Crippen LogP) is 5.64. The van der Waals surface area contributed by atoms with Crippen molar-refractivity contribution in [3.63, 3.8) is 0 Å². The average molecular weight is 426 g/mol. The van der Waals surface area contributed by atoms with E-state index in [1.807, 2.05) is 54.6 Å². The molecule has 0 aliphatic rings. The van der Waals surface area contributed by atoms with Crippen molar-refractivity contribution in [3.8, 4) is 5.75 Å². The quantitative estimate of drug-likeness (QED) is 0.392. The van der Waals surface area contributed by atoms with Crippen LogP contribution in [0.1, 0.15) is 22.8 Å². The van der Waals surface area contributed by atoms with Crippen LogP contribution in [0.3, 0.4) is 0 Å². The Kier molecular flexibility index (Phi) is 6.49. The number of ether oxygens (including phenoxy) is 2. The first kappa shape index (κ1) is 19.0. The summed E-state index contributed by atoms with van der Waals surface area (Å²) in [5.41, 5.74) is 2.34. The summed E-state index contributed by atoms with van der Waals surface area (Å²) in [7, 11) is 0. The maximum absolute atomic E-state index is 12.2. The van der Waals surface area contributed by atoms with E-state index in [2.05, 4.69) is 21.2 Å². The molecule has 0 saturated heterocycles. The number of halogens is 1. The summed E-state index contributed by atoms with van der Waals surface area (Å²) in [5.74, 6) is 0.307. The lowest BCUT2D eigenvalue weighted by Crippen LogP contribution is -2.23. The Balaban J connectivity index is 1.66. The lowest BCUT2D eigenvalue weighted by Gasteiger charge is -2.19. The highest BCUT2D eigenvalue weighted by molar-refractivity contribution is 9.10. The number of rotatable bonds is 7. The van der Waals surface area contributed by atoms with Gasteiger partial charge in [-0.3, -0.25) is 0 Å². The van der Waals surface area contributed by atoms with Crippen molar-refractivity contribution in [2.24, 2.45) is 0 Å². The van der Waals surface area contributed by atoms with Gasteiger partial charge in [-0.05, 0) is 42.8 Å². The molecule has 4 nitrogen and oxygen atoms in total. The predicted molar refractivity (Wildman–Crippen MR) is 110 cm³/mol. The van der Waals surface area contributed by atoms with Crippen LogP contribution in [0.2, 0.25) is 0 Å². The highest BCUT2D eigenvalue weighted by atomic mass is 79.9. The van der Waals surface area contributed by atoms with E-state index >= 15 is 0 Å². The van der Waals surface area contributed by atoms with Crippen molar-refractivity contribution < 1.29 is 14.3 Å². The minimum Gasteiger partial charge on any atom is -0.487 e. The van der Waals surface area contributed by atoms with Gasteiger partial charge >= 0.3 is 5.97 Å². The third-order valence-electron chi connectivity index (χ3n) is 3.83. The van der Waals surface area contributed by atoms with Crippen LogP contribution >= 0.6 is 15.9 Å². The molecular formula is C22H20BrNO3. The number of esters is 1. The molecule has 0 bridgehead atoms.